The van der Waals surface area contributed by atoms with Gasteiger partial charge in [0.25, 0.3) is 0 Å². The van der Waals surface area contributed by atoms with E-state index in [4.69, 9.17) is 11.6 Å². The largest absolute Gasteiger partial charge is 0.349 e. The molecule has 5 heteroatoms. The summed E-state index contributed by atoms with van der Waals surface area (Å²) in [5, 5.41) is 6.46. The summed E-state index contributed by atoms with van der Waals surface area (Å²) in [5.41, 5.74) is 1.06. The van der Waals surface area contributed by atoms with E-state index >= 15 is 0 Å². The first-order chi connectivity index (χ1) is 10.0. The van der Waals surface area contributed by atoms with E-state index in [-0.39, 0.29) is 28.3 Å². The van der Waals surface area contributed by atoms with E-state index < -0.39 is 5.82 Å². The van der Waals surface area contributed by atoms with Gasteiger partial charge < -0.3 is 10.6 Å². The number of nitrogens with one attached hydrogen (secondary N) is 2. The lowest BCUT2D eigenvalue weighted by atomic mass is 9.91. The molecule has 2 aliphatic rings. The van der Waals surface area contributed by atoms with Gasteiger partial charge in [0.2, 0.25) is 5.91 Å². The molecule has 0 bridgehead atoms. The number of halogens is 2. The SMILES string of the molecule is CC(NC(=O)C1CC12CCNCC2)c1ccc(F)c(Cl)c1. The maximum absolute atomic E-state index is 13.2. The normalized spacial score (nSPS) is 24.6. The lowest BCUT2D eigenvalue weighted by Gasteiger charge is -2.24. The minimum absolute atomic E-state index is 0.0925. The van der Waals surface area contributed by atoms with E-state index in [9.17, 15) is 9.18 Å². The van der Waals surface area contributed by atoms with Gasteiger partial charge in [-0.05, 0) is 62.4 Å². The predicted octanol–water partition coefficient (Wildman–Crippen LogP) is 3.05. The van der Waals surface area contributed by atoms with Gasteiger partial charge in [0.05, 0.1) is 11.1 Å². The standard InChI is InChI=1S/C16H20ClFN2O/c1-10(11-2-3-14(18)13(17)8-11)20-15(21)12-9-16(12)4-6-19-7-5-16/h2-3,8,10,12,19H,4-7,9H2,1H3,(H,20,21). The molecule has 3 nitrogen and oxygen atoms in total. The Bertz CT molecular complexity index is 557. The van der Waals surface area contributed by atoms with Gasteiger partial charge in [0.15, 0.2) is 0 Å². The number of hydrogen-bond donors (Lipinski definition) is 2. The lowest BCUT2D eigenvalue weighted by Crippen LogP contribution is -2.34. The molecule has 1 aromatic rings. The van der Waals surface area contributed by atoms with Gasteiger partial charge in [-0.2, -0.15) is 0 Å². The molecule has 2 unspecified atom stereocenters. The molecule has 114 valence electrons. The number of rotatable bonds is 3. The number of hydrogen-bond acceptors (Lipinski definition) is 2. The van der Waals surface area contributed by atoms with Crippen LogP contribution in [0.2, 0.25) is 5.02 Å². The summed E-state index contributed by atoms with van der Waals surface area (Å²) < 4.78 is 13.2. The van der Waals surface area contributed by atoms with Gasteiger partial charge >= 0.3 is 0 Å². The van der Waals surface area contributed by atoms with E-state index in [2.05, 4.69) is 10.6 Å². The van der Waals surface area contributed by atoms with Crippen LogP contribution < -0.4 is 10.6 Å². The van der Waals surface area contributed by atoms with E-state index in [0.29, 0.717) is 0 Å². The topological polar surface area (TPSA) is 41.1 Å². The monoisotopic (exact) mass is 310 g/mol. The maximum Gasteiger partial charge on any atom is 0.224 e. The lowest BCUT2D eigenvalue weighted by molar-refractivity contribution is -0.123. The van der Waals surface area contributed by atoms with Crippen molar-refractivity contribution in [2.45, 2.75) is 32.2 Å². The van der Waals surface area contributed by atoms with Crippen LogP contribution in [0.5, 0.6) is 0 Å². The second kappa shape index (κ2) is 5.58. The van der Waals surface area contributed by atoms with Crippen LogP contribution in [0.4, 0.5) is 4.39 Å². The second-order valence-corrected chi connectivity index (χ2v) is 6.68. The van der Waals surface area contributed by atoms with Crippen molar-refractivity contribution in [2.24, 2.45) is 11.3 Å². The second-order valence-electron chi connectivity index (χ2n) is 6.27. The average molecular weight is 311 g/mol. The molecule has 0 radical (unpaired) electrons. The Hall–Kier alpha value is -1.13. The fourth-order valence-electron chi connectivity index (χ4n) is 3.37. The first kappa shape index (κ1) is 14.8. The molecular formula is C16H20ClFN2O. The van der Waals surface area contributed by atoms with Gasteiger partial charge in [0, 0.05) is 5.92 Å². The molecule has 1 heterocycles. The summed E-state index contributed by atoms with van der Waals surface area (Å²) in [6.45, 7) is 3.92. The summed E-state index contributed by atoms with van der Waals surface area (Å²) in [7, 11) is 0. The molecule has 1 spiro atoms. The molecule has 1 saturated heterocycles. The van der Waals surface area contributed by atoms with E-state index in [1.54, 1.807) is 12.1 Å². The molecule has 0 aromatic heterocycles. The van der Waals surface area contributed by atoms with Crippen LogP contribution in [0.3, 0.4) is 0 Å². The van der Waals surface area contributed by atoms with Gasteiger partial charge in [-0.15, -0.1) is 0 Å². The fraction of sp³-hybridized carbons (Fsp3) is 0.562. The fourth-order valence-corrected chi connectivity index (χ4v) is 3.56. The van der Waals surface area contributed by atoms with E-state index in [1.165, 1.54) is 6.07 Å². The third-order valence-electron chi connectivity index (χ3n) is 4.91. The van der Waals surface area contributed by atoms with Crippen LogP contribution in [-0.2, 0) is 4.79 Å². The van der Waals surface area contributed by atoms with Crippen molar-refractivity contribution < 1.29 is 9.18 Å². The van der Waals surface area contributed by atoms with Crippen LogP contribution in [-0.4, -0.2) is 19.0 Å². The number of benzene rings is 1. The molecule has 2 fully saturated rings. The zero-order valence-corrected chi connectivity index (χ0v) is 12.8. The minimum atomic E-state index is -0.435. The van der Waals surface area contributed by atoms with Crippen LogP contribution >= 0.6 is 11.6 Å². The predicted molar refractivity (Wildman–Crippen MR) is 80.6 cm³/mol. The maximum atomic E-state index is 13.2. The van der Waals surface area contributed by atoms with Crippen molar-refractivity contribution in [1.29, 1.82) is 0 Å². The molecule has 3 rings (SSSR count). The van der Waals surface area contributed by atoms with Crippen molar-refractivity contribution in [3.05, 3.63) is 34.6 Å². The minimum Gasteiger partial charge on any atom is -0.349 e. The summed E-state index contributed by atoms with van der Waals surface area (Å²) in [4.78, 5) is 12.4. The first-order valence-corrected chi connectivity index (χ1v) is 7.86. The summed E-state index contributed by atoms with van der Waals surface area (Å²) in [6.07, 6.45) is 3.17. The average Bonchev–Trinajstić information content (AvgIpc) is 3.16. The number of amides is 1. The third kappa shape index (κ3) is 2.92. The molecule has 2 atom stereocenters. The van der Waals surface area contributed by atoms with Gasteiger partial charge in [0.1, 0.15) is 5.82 Å². The van der Waals surface area contributed by atoms with Crippen LogP contribution in [0.15, 0.2) is 18.2 Å². The number of piperidine rings is 1. The molecule has 1 aliphatic heterocycles. The Labute approximate surface area is 129 Å². The Balaban J connectivity index is 1.61. The highest BCUT2D eigenvalue weighted by molar-refractivity contribution is 6.30. The Morgan fingerprint density at radius 3 is 2.86 bits per heavy atom. The highest BCUT2D eigenvalue weighted by atomic mass is 35.5. The van der Waals surface area contributed by atoms with Crippen molar-refractivity contribution in [1.82, 2.24) is 10.6 Å². The van der Waals surface area contributed by atoms with Crippen molar-refractivity contribution in [3.63, 3.8) is 0 Å². The Kier molecular flexibility index (Phi) is 3.93. The summed E-state index contributed by atoms with van der Waals surface area (Å²) in [6, 6.07) is 4.43. The number of carbonyl (C=O) groups excluding carboxylic acids is 1. The van der Waals surface area contributed by atoms with E-state index in [0.717, 1.165) is 37.9 Å². The smallest absolute Gasteiger partial charge is 0.224 e. The quantitative estimate of drug-likeness (QED) is 0.901. The van der Waals surface area contributed by atoms with E-state index in [1.807, 2.05) is 6.92 Å². The van der Waals surface area contributed by atoms with Crippen LogP contribution in [0.1, 0.15) is 37.8 Å². The third-order valence-corrected chi connectivity index (χ3v) is 5.20. The van der Waals surface area contributed by atoms with Crippen molar-refractivity contribution in [2.75, 3.05) is 13.1 Å². The van der Waals surface area contributed by atoms with Gasteiger partial charge in [-0.25, -0.2) is 4.39 Å². The van der Waals surface area contributed by atoms with Crippen LogP contribution in [0.25, 0.3) is 0 Å². The Morgan fingerprint density at radius 2 is 2.19 bits per heavy atom. The molecule has 21 heavy (non-hydrogen) atoms. The molecule has 1 aromatic carbocycles. The molecule has 1 aliphatic carbocycles. The van der Waals surface area contributed by atoms with Crippen molar-refractivity contribution in [3.8, 4) is 0 Å². The molecule has 2 N–H and O–H groups in total. The highest BCUT2D eigenvalue weighted by Crippen LogP contribution is 2.58. The zero-order valence-electron chi connectivity index (χ0n) is 12.1. The van der Waals surface area contributed by atoms with Crippen molar-refractivity contribution >= 4 is 17.5 Å². The molecular weight excluding hydrogens is 291 g/mol. The molecule has 1 saturated carbocycles. The van der Waals surface area contributed by atoms with Gasteiger partial charge in [-0.1, -0.05) is 17.7 Å². The Morgan fingerprint density at radius 1 is 1.48 bits per heavy atom. The molecule has 1 amide bonds. The summed E-state index contributed by atoms with van der Waals surface area (Å²) in [5.74, 6) is -0.183. The zero-order chi connectivity index (χ0) is 15.0. The first-order valence-electron chi connectivity index (χ1n) is 7.48. The van der Waals surface area contributed by atoms with Gasteiger partial charge in [-0.3, -0.25) is 4.79 Å². The summed E-state index contributed by atoms with van der Waals surface area (Å²) >= 11 is 5.79. The highest BCUT2D eigenvalue weighted by Gasteiger charge is 2.57. The van der Waals surface area contributed by atoms with Crippen LogP contribution in [0, 0.1) is 17.2 Å². The number of carbonyl (C=O) groups is 1.